The fourth-order valence-corrected chi connectivity index (χ4v) is 2.80. The van der Waals surface area contributed by atoms with Crippen LogP contribution >= 0.6 is 0 Å². The Hall–Kier alpha value is -0.0800. The zero-order valence-corrected chi connectivity index (χ0v) is 10.7. The van der Waals surface area contributed by atoms with Crippen molar-refractivity contribution in [1.29, 1.82) is 0 Å². The van der Waals surface area contributed by atoms with Gasteiger partial charge in [-0.1, -0.05) is 27.2 Å². The third kappa shape index (κ3) is 2.94. The number of hydrogen-bond donors (Lipinski definition) is 2. The van der Waals surface area contributed by atoms with Crippen LogP contribution in [-0.2, 0) is 0 Å². The van der Waals surface area contributed by atoms with E-state index in [1.54, 1.807) is 0 Å². The molecule has 0 spiro atoms. The van der Waals surface area contributed by atoms with Gasteiger partial charge in [0, 0.05) is 11.6 Å². The first kappa shape index (κ1) is 13.0. The quantitative estimate of drug-likeness (QED) is 0.752. The number of hydrogen-bond acceptors (Lipinski definition) is 2. The molecule has 0 aromatic heterocycles. The first-order valence-electron chi connectivity index (χ1n) is 6.42. The van der Waals surface area contributed by atoms with Gasteiger partial charge in [0.05, 0.1) is 6.61 Å². The smallest absolute Gasteiger partial charge is 0.0616 e. The zero-order valence-electron chi connectivity index (χ0n) is 10.7. The molecule has 1 aliphatic carbocycles. The van der Waals surface area contributed by atoms with Crippen molar-refractivity contribution in [3.05, 3.63) is 0 Å². The van der Waals surface area contributed by atoms with Crippen LogP contribution in [0.5, 0.6) is 0 Å². The average molecular weight is 213 g/mol. The van der Waals surface area contributed by atoms with Crippen LogP contribution in [0.4, 0.5) is 0 Å². The van der Waals surface area contributed by atoms with Crippen LogP contribution in [0, 0.1) is 11.8 Å². The van der Waals surface area contributed by atoms with E-state index >= 15 is 0 Å². The van der Waals surface area contributed by atoms with E-state index in [9.17, 15) is 5.11 Å². The van der Waals surface area contributed by atoms with Crippen molar-refractivity contribution in [3.8, 4) is 0 Å². The summed E-state index contributed by atoms with van der Waals surface area (Å²) in [5.41, 5.74) is -0.0207. The van der Waals surface area contributed by atoms with Gasteiger partial charge in [-0.25, -0.2) is 0 Å². The molecular weight excluding hydrogens is 186 g/mol. The molecule has 0 aliphatic heterocycles. The van der Waals surface area contributed by atoms with Gasteiger partial charge in [-0.2, -0.15) is 0 Å². The summed E-state index contributed by atoms with van der Waals surface area (Å²) in [7, 11) is 0. The lowest BCUT2D eigenvalue weighted by atomic mass is 9.69. The summed E-state index contributed by atoms with van der Waals surface area (Å²) in [5.74, 6) is 1.33. The van der Waals surface area contributed by atoms with Crippen molar-refractivity contribution >= 4 is 0 Å². The number of aliphatic hydroxyl groups excluding tert-OH is 1. The summed E-state index contributed by atoms with van der Waals surface area (Å²) in [6, 6.07) is 0.505. The summed E-state index contributed by atoms with van der Waals surface area (Å²) in [5, 5.41) is 13.4. The predicted molar refractivity (Wildman–Crippen MR) is 64.9 cm³/mol. The summed E-state index contributed by atoms with van der Waals surface area (Å²) in [4.78, 5) is 0. The average Bonchev–Trinajstić information content (AvgIpc) is 2.23. The largest absolute Gasteiger partial charge is 0.394 e. The summed E-state index contributed by atoms with van der Waals surface area (Å²) < 4.78 is 0. The molecule has 90 valence electrons. The molecule has 1 fully saturated rings. The van der Waals surface area contributed by atoms with Crippen molar-refractivity contribution in [3.63, 3.8) is 0 Å². The zero-order chi connectivity index (χ0) is 11.5. The summed E-state index contributed by atoms with van der Waals surface area (Å²) in [6.07, 6.45) is 4.80. The van der Waals surface area contributed by atoms with Gasteiger partial charge in [0.1, 0.15) is 0 Å². The molecule has 2 N–H and O–H groups in total. The van der Waals surface area contributed by atoms with E-state index in [1.807, 2.05) is 0 Å². The predicted octanol–water partition coefficient (Wildman–Crippen LogP) is 2.56. The van der Waals surface area contributed by atoms with E-state index in [0.29, 0.717) is 12.0 Å². The lowest BCUT2D eigenvalue weighted by Gasteiger charge is -2.46. The lowest BCUT2D eigenvalue weighted by Crippen LogP contribution is -2.58. The maximum Gasteiger partial charge on any atom is 0.0616 e. The normalized spacial score (nSPS) is 39.0. The van der Waals surface area contributed by atoms with E-state index in [-0.39, 0.29) is 12.1 Å². The highest BCUT2D eigenvalue weighted by molar-refractivity contribution is 4.97. The van der Waals surface area contributed by atoms with Gasteiger partial charge in [-0.05, 0) is 38.0 Å². The molecule has 0 aromatic carbocycles. The molecule has 0 heterocycles. The van der Waals surface area contributed by atoms with Crippen LogP contribution < -0.4 is 5.32 Å². The SMILES string of the molecule is CCC(C)NC1(CO)CC(C)CCC1C. The van der Waals surface area contributed by atoms with Gasteiger partial charge >= 0.3 is 0 Å². The van der Waals surface area contributed by atoms with E-state index in [1.165, 1.54) is 12.8 Å². The van der Waals surface area contributed by atoms with Crippen LogP contribution in [0.15, 0.2) is 0 Å². The molecule has 2 heteroatoms. The molecule has 1 rings (SSSR count). The van der Waals surface area contributed by atoms with Crippen molar-refractivity contribution in [1.82, 2.24) is 5.32 Å². The third-order valence-corrected chi connectivity index (χ3v) is 4.18. The third-order valence-electron chi connectivity index (χ3n) is 4.18. The van der Waals surface area contributed by atoms with Crippen molar-refractivity contribution < 1.29 is 5.11 Å². The topological polar surface area (TPSA) is 32.3 Å². The van der Waals surface area contributed by atoms with Crippen LogP contribution in [0.25, 0.3) is 0 Å². The minimum absolute atomic E-state index is 0.0207. The highest BCUT2D eigenvalue weighted by Crippen LogP contribution is 2.37. The minimum atomic E-state index is -0.0207. The fourth-order valence-electron chi connectivity index (χ4n) is 2.80. The Morgan fingerprint density at radius 2 is 2.07 bits per heavy atom. The number of aliphatic hydroxyl groups is 1. The molecule has 0 amide bonds. The Bertz CT molecular complexity index is 195. The van der Waals surface area contributed by atoms with Crippen molar-refractivity contribution in [2.75, 3.05) is 6.61 Å². The molecule has 0 aromatic rings. The molecule has 0 radical (unpaired) electrons. The van der Waals surface area contributed by atoms with Crippen molar-refractivity contribution in [2.45, 2.75) is 65.0 Å². The van der Waals surface area contributed by atoms with Crippen LogP contribution in [-0.4, -0.2) is 23.3 Å². The second-order valence-corrected chi connectivity index (χ2v) is 5.56. The minimum Gasteiger partial charge on any atom is -0.394 e. The highest BCUT2D eigenvalue weighted by atomic mass is 16.3. The Morgan fingerprint density at radius 1 is 1.40 bits per heavy atom. The number of rotatable bonds is 4. The lowest BCUT2D eigenvalue weighted by molar-refractivity contribution is 0.0453. The maximum absolute atomic E-state index is 9.71. The first-order valence-corrected chi connectivity index (χ1v) is 6.42. The molecule has 1 aliphatic rings. The molecule has 0 bridgehead atoms. The van der Waals surface area contributed by atoms with E-state index in [0.717, 1.165) is 18.8 Å². The molecule has 15 heavy (non-hydrogen) atoms. The summed E-state index contributed by atoms with van der Waals surface area (Å²) >= 11 is 0. The molecular formula is C13H27NO. The first-order chi connectivity index (χ1) is 7.04. The van der Waals surface area contributed by atoms with Crippen LogP contribution in [0.1, 0.15) is 53.4 Å². The van der Waals surface area contributed by atoms with E-state index < -0.39 is 0 Å². The van der Waals surface area contributed by atoms with Crippen LogP contribution in [0.2, 0.25) is 0 Å². The Morgan fingerprint density at radius 3 is 2.60 bits per heavy atom. The van der Waals surface area contributed by atoms with E-state index in [2.05, 4.69) is 33.0 Å². The molecule has 1 saturated carbocycles. The molecule has 2 nitrogen and oxygen atoms in total. The monoisotopic (exact) mass is 213 g/mol. The van der Waals surface area contributed by atoms with Gasteiger partial charge in [0.15, 0.2) is 0 Å². The Balaban J connectivity index is 2.70. The van der Waals surface area contributed by atoms with E-state index in [4.69, 9.17) is 0 Å². The highest BCUT2D eigenvalue weighted by Gasteiger charge is 2.40. The number of nitrogens with one attached hydrogen (secondary N) is 1. The standard InChI is InChI=1S/C13H27NO/c1-5-12(4)14-13(9-15)8-10(2)6-7-11(13)3/h10-12,14-15H,5-9H2,1-4H3. The van der Waals surface area contributed by atoms with Gasteiger partial charge in [-0.3, -0.25) is 0 Å². The fraction of sp³-hybridized carbons (Fsp3) is 1.00. The van der Waals surface area contributed by atoms with Gasteiger partial charge < -0.3 is 10.4 Å². The molecule has 4 unspecified atom stereocenters. The van der Waals surface area contributed by atoms with Crippen LogP contribution in [0.3, 0.4) is 0 Å². The maximum atomic E-state index is 9.71. The second kappa shape index (κ2) is 5.31. The Labute approximate surface area is 94.5 Å². The Kier molecular flexibility index (Phi) is 4.60. The molecule has 4 atom stereocenters. The summed E-state index contributed by atoms with van der Waals surface area (Å²) in [6.45, 7) is 9.26. The van der Waals surface area contributed by atoms with Crippen molar-refractivity contribution in [2.24, 2.45) is 11.8 Å². The van der Waals surface area contributed by atoms with Gasteiger partial charge in [0.25, 0.3) is 0 Å². The second-order valence-electron chi connectivity index (χ2n) is 5.56. The molecule has 0 saturated heterocycles. The van der Waals surface area contributed by atoms with Gasteiger partial charge in [0.2, 0.25) is 0 Å². The van der Waals surface area contributed by atoms with Gasteiger partial charge in [-0.15, -0.1) is 0 Å².